The molecule has 0 radical (unpaired) electrons. The summed E-state index contributed by atoms with van der Waals surface area (Å²) in [5.74, 6) is 0. The van der Waals surface area contributed by atoms with Crippen molar-refractivity contribution in [2.75, 3.05) is 0 Å². The molecular weight excluding hydrogens is 238 g/mol. The first-order valence-electron chi connectivity index (χ1n) is 5.95. The second-order valence-electron chi connectivity index (χ2n) is 4.06. The van der Waals surface area contributed by atoms with E-state index < -0.39 is 0 Å². The Morgan fingerprint density at radius 1 is 1.11 bits per heavy atom. The molecule has 2 aromatic rings. The second kappa shape index (κ2) is 6.34. The molecule has 0 bridgehead atoms. The summed E-state index contributed by atoms with van der Waals surface area (Å²) < 4.78 is 0. The summed E-state index contributed by atoms with van der Waals surface area (Å²) in [4.78, 5) is 10.3. The van der Waals surface area contributed by atoms with Crippen LogP contribution in [-0.4, -0.2) is 4.92 Å². The standard InChI is InChI=1S/C16H13NO2/c18-17(19)16-12-6-11-15(13-16)10-5-4-9-14-7-2-1-3-8-14/h1-3,5-9,11-13H,10H2. The van der Waals surface area contributed by atoms with Gasteiger partial charge < -0.3 is 0 Å². The number of non-ortho nitro benzene ring substituents is 1. The Morgan fingerprint density at radius 3 is 2.63 bits per heavy atom. The minimum atomic E-state index is -0.382. The van der Waals surface area contributed by atoms with Crippen molar-refractivity contribution in [2.24, 2.45) is 0 Å². The molecule has 0 saturated carbocycles. The van der Waals surface area contributed by atoms with Gasteiger partial charge in [-0.3, -0.25) is 10.1 Å². The Morgan fingerprint density at radius 2 is 1.89 bits per heavy atom. The topological polar surface area (TPSA) is 43.1 Å². The first kappa shape index (κ1) is 12.8. The molecular formula is C16H13NO2. The monoisotopic (exact) mass is 251 g/mol. The van der Waals surface area contributed by atoms with E-state index >= 15 is 0 Å². The van der Waals surface area contributed by atoms with Gasteiger partial charge in [-0.15, -0.1) is 5.73 Å². The molecule has 0 aliphatic heterocycles. The van der Waals surface area contributed by atoms with Gasteiger partial charge >= 0.3 is 0 Å². The van der Waals surface area contributed by atoms with E-state index in [4.69, 9.17) is 0 Å². The lowest BCUT2D eigenvalue weighted by Gasteiger charge is -1.95. The van der Waals surface area contributed by atoms with Gasteiger partial charge in [-0.05, 0) is 29.7 Å². The molecule has 0 amide bonds. The number of benzene rings is 2. The van der Waals surface area contributed by atoms with Crippen molar-refractivity contribution in [3.05, 3.63) is 87.6 Å². The lowest BCUT2D eigenvalue weighted by atomic mass is 10.1. The molecule has 19 heavy (non-hydrogen) atoms. The zero-order chi connectivity index (χ0) is 13.5. The summed E-state index contributed by atoms with van der Waals surface area (Å²) in [5.41, 5.74) is 5.19. The van der Waals surface area contributed by atoms with E-state index in [9.17, 15) is 10.1 Å². The molecule has 0 aliphatic carbocycles. The van der Waals surface area contributed by atoms with E-state index in [2.05, 4.69) is 5.73 Å². The van der Waals surface area contributed by atoms with Crippen molar-refractivity contribution in [1.29, 1.82) is 0 Å². The molecule has 0 unspecified atom stereocenters. The van der Waals surface area contributed by atoms with Gasteiger partial charge in [-0.25, -0.2) is 0 Å². The number of nitrogens with zero attached hydrogens (tertiary/aromatic N) is 1. The number of nitro groups is 1. The fourth-order valence-corrected chi connectivity index (χ4v) is 1.68. The lowest BCUT2D eigenvalue weighted by Crippen LogP contribution is -1.89. The maximum atomic E-state index is 10.6. The molecule has 2 aromatic carbocycles. The minimum absolute atomic E-state index is 0.123. The molecule has 94 valence electrons. The molecule has 2 rings (SSSR count). The molecule has 0 spiro atoms. The van der Waals surface area contributed by atoms with E-state index in [-0.39, 0.29) is 10.6 Å². The molecule has 3 nitrogen and oxygen atoms in total. The summed E-state index contributed by atoms with van der Waals surface area (Å²) in [6, 6.07) is 16.5. The highest BCUT2D eigenvalue weighted by Gasteiger charge is 2.03. The van der Waals surface area contributed by atoms with Gasteiger partial charge in [-0.1, -0.05) is 42.5 Å². The second-order valence-corrected chi connectivity index (χ2v) is 4.06. The zero-order valence-electron chi connectivity index (χ0n) is 10.3. The van der Waals surface area contributed by atoms with Crippen LogP contribution < -0.4 is 0 Å². The van der Waals surface area contributed by atoms with E-state index in [0.29, 0.717) is 6.42 Å². The van der Waals surface area contributed by atoms with Crippen molar-refractivity contribution < 1.29 is 4.92 Å². The van der Waals surface area contributed by atoms with Gasteiger partial charge in [0.2, 0.25) is 0 Å². The normalized spacial score (nSPS) is 9.47. The highest BCUT2D eigenvalue weighted by atomic mass is 16.6. The van der Waals surface area contributed by atoms with Crippen LogP contribution in [0.1, 0.15) is 11.1 Å². The van der Waals surface area contributed by atoms with E-state index in [1.165, 1.54) is 6.07 Å². The fraction of sp³-hybridized carbons (Fsp3) is 0.0625. The Bertz CT molecular complexity index is 626. The fourth-order valence-electron chi connectivity index (χ4n) is 1.68. The summed E-state index contributed by atoms with van der Waals surface area (Å²) in [5, 5.41) is 10.6. The summed E-state index contributed by atoms with van der Waals surface area (Å²) in [6.45, 7) is 0. The van der Waals surface area contributed by atoms with Crippen LogP contribution >= 0.6 is 0 Å². The Hall–Kier alpha value is -2.64. The molecule has 0 aliphatic rings. The molecule has 0 aromatic heterocycles. The van der Waals surface area contributed by atoms with Crippen LogP contribution in [0.15, 0.2) is 66.4 Å². The number of nitro benzene ring substituents is 1. The average Bonchev–Trinajstić information content (AvgIpc) is 2.45. The van der Waals surface area contributed by atoms with Crippen LogP contribution in [0, 0.1) is 10.1 Å². The number of hydrogen-bond acceptors (Lipinski definition) is 2. The van der Waals surface area contributed by atoms with E-state index in [1.807, 2.05) is 48.6 Å². The molecule has 0 N–H and O–H groups in total. The molecule has 0 fully saturated rings. The summed E-state index contributed by atoms with van der Waals surface area (Å²) in [7, 11) is 0. The Balaban J connectivity index is 2.04. The molecule has 0 atom stereocenters. The third kappa shape index (κ3) is 3.95. The van der Waals surface area contributed by atoms with Gasteiger partial charge in [-0.2, -0.15) is 0 Å². The average molecular weight is 251 g/mol. The van der Waals surface area contributed by atoms with Crippen LogP contribution in [0.2, 0.25) is 0 Å². The smallest absolute Gasteiger partial charge is 0.258 e. The van der Waals surface area contributed by atoms with Crippen LogP contribution in [0.4, 0.5) is 5.69 Å². The lowest BCUT2D eigenvalue weighted by molar-refractivity contribution is -0.384. The predicted octanol–water partition coefficient (Wildman–Crippen LogP) is 4.01. The third-order valence-corrected chi connectivity index (χ3v) is 2.63. The van der Waals surface area contributed by atoms with Crippen molar-refractivity contribution in [3.63, 3.8) is 0 Å². The first-order valence-corrected chi connectivity index (χ1v) is 5.95. The van der Waals surface area contributed by atoms with Crippen LogP contribution in [0.3, 0.4) is 0 Å². The third-order valence-electron chi connectivity index (χ3n) is 2.63. The molecule has 3 heteroatoms. The first-order chi connectivity index (χ1) is 9.25. The maximum Gasteiger partial charge on any atom is 0.269 e. The zero-order valence-corrected chi connectivity index (χ0v) is 10.3. The van der Waals surface area contributed by atoms with E-state index in [0.717, 1.165) is 11.1 Å². The van der Waals surface area contributed by atoms with Crippen LogP contribution in [0.5, 0.6) is 0 Å². The summed E-state index contributed by atoms with van der Waals surface area (Å²) >= 11 is 0. The van der Waals surface area contributed by atoms with Crippen molar-refractivity contribution in [3.8, 4) is 0 Å². The Labute approximate surface area is 111 Å². The van der Waals surface area contributed by atoms with Gasteiger partial charge in [0, 0.05) is 12.1 Å². The predicted molar refractivity (Wildman–Crippen MR) is 75.8 cm³/mol. The van der Waals surface area contributed by atoms with Crippen LogP contribution in [0.25, 0.3) is 6.08 Å². The highest BCUT2D eigenvalue weighted by molar-refractivity contribution is 5.48. The van der Waals surface area contributed by atoms with Gasteiger partial charge in [0.05, 0.1) is 4.92 Å². The van der Waals surface area contributed by atoms with Crippen molar-refractivity contribution in [2.45, 2.75) is 6.42 Å². The minimum Gasteiger partial charge on any atom is -0.258 e. The van der Waals surface area contributed by atoms with Gasteiger partial charge in [0.15, 0.2) is 0 Å². The SMILES string of the molecule is O=[N+]([O-])c1cccc(CC=C=Cc2ccccc2)c1. The van der Waals surface area contributed by atoms with Gasteiger partial charge in [0.25, 0.3) is 5.69 Å². The van der Waals surface area contributed by atoms with Crippen molar-refractivity contribution >= 4 is 11.8 Å². The highest BCUT2D eigenvalue weighted by Crippen LogP contribution is 2.13. The van der Waals surface area contributed by atoms with Gasteiger partial charge in [0.1, 0.15) is 0 Å². The maximum absolute atomic E-state index is 10.6. The van der Waals surface area contributed by atoms with Crippen molar-refractivity contribution in [1.82, 2.24) is 0 Å². The van der Waals surface area contributed by atoms with Crippen LogP contribution in [-0.2, 0) is 6.42 Å². The quantitative estimate of drug-likeness (QED) is 0.468. The largest absolute Gasteiger partial charge is 0.269 e. The number of hydrogen-bond donors (Lipinski definition) is 0. The molecule has 0 saturated heterocycles. The number of rotatable bonds is 4. The summed E-state index contributed by atoms with van der Waals surface area (Å²) in [6.07, 6.45) is 4.38. The number of allylic oxidation sites excluding steroid dienone is 1. The Kier molecular flexibility index (Phi) is 4.27. The van der Waals surface area contributed by atoms with E-state index in [1.54, 1.807) is 12.1 Å². The molecule has 0 heterocycles.